The van der Waals surface area contributed by atoms with E-state index in [1.165, 1.54) is 16.8 Å². The minimum atomic E-state index is -0.968. The number of amides is 3. The molecule has 0 unspecified atom stereocenters. The monoisotopic (exact) mass is 500 g/mol. The molecule has 0 spiro atoms. The van der Waals surface area contributed by atoms with Crippen LogP contribution in [0.2, 0.25) is 15.1 Å². The maximum atomic E-state index is 13.1. The summed E-state index contributed by atoms with van der Waals surface area (Å²) in [6.45, 7) is 0. The summed E-state index contributed by atoms with van der Waals surface area (Å²) >= 11 is 18.1. The van der Waals surface area contributed by atoms with Crippen LogP contribution in [0, 0.1) is 0 Å². The zero-order valence-corrected chi connectivity index (χ0v) is 19.0. The van der Waals surface area contributed by atoms with Crippen molar-refractivity contribution in [2.24, 2.45) is 0 Å². The van der Waals surface area contributed by atoms with Crippen molar-refractivity contribution in [1.29, 1.82) is 0 Å². The summed E-state index contributed by atoms with van der Waals surface area (Å²) in [6.07, 6.45) is 0. The Labute approximate surface area is 203 Å². The Morgan fingerprint density at radius 3 is 2.15 bits per heavy atom. The molecule has 0 saturated heterocycles. The van der Waals surface area contributed by atoms with E-state index in [4.69, 9.17) is 34.8 Å². The lowest BCUT2D eigenvalue weighted by molar-refractivity contribution is -0.133. The molecule has 166 valence electrons. The first-order chi connectivity index (χ1) is 15.8. The quantitative estimate of drug-likeness (QED) is 0.320. The van der Waals surface area contributed by atoms with Gasteiger partial charge in [-0.05, 0) is 54.6 Å². The van der Waals surface area contributed by atoms with Gasteiger partial charge in [-0.25, -0.2) is 4.68 Å². The van der Waals surface area contributed by atoms with Gasteiger partial charge in [-0.2, -0.15) is 0 Å². The topological polar surface area (TPSA) is 92.2 Å². The van der Waals surface area contributed by atoms with Crippen LogP contribution in [0.15, 0.2) is 72.8 Å². The Morgan fingerprint density at radius 1 is 0.727 bits per heavy atom. The van der Waals surface area contributed by atoms with E-state index in [0.29, 0.717) is 32.3 Å². The van der Waals surface area contributed by atoms with Crippen molar-refractivity contribution < 1.29 is 14.4 Å². The predicted octanol–water partition coefficient (Wildman–Crippen LogP) is 5.56. The second-order valence-electron chi connectivity index (χ2n) is 6.91. The van der Waals surface area contributed by atoms with E-state index in [2.05, 4.69) is 16.1 Å². The van der Waals surface area contributed by atoms with Crippen molar-refractivity contribution in [3.63, 3.8) is 0 Å². The molecule has 3 amide bonds. The summed E-state index contributed by atoms with van der Waals surface area (Å²) in [4.78, 5) is 38.1. The van der Waals surface area contributed by atoms with Crippen LogP contribution in [0.4, 0.5) is 11.4 Å². The van der Waals surface area contributed by atoms with Crippen LogP contribution >= 0.6 is 34.8 Å². The van der Waals surface area contributed by atoms with E-state index in [0.717, 1.165) is 0 Å². The lowest BCUT2D eigenvalue weighted by Gasteiger charge is -2.13. The molecular formula is C23H15Cl3N4O3. The highest BCUT2D eigenvalue weighted by Crippen LogP contribution is 2.27. The summed E-state index contributed by atoms with van der Waals surface area (Å²) in [7, 11) is 0. The standard InChI is InChI=1S/C23H15Cl3N4O3/c24-14-7-9-19-13(10-14)11-20(21(31)28-18-8-6-15(25)12-17(18)26)30(19)29-23(33)22(32)27-16-4-2-1-3-5-16/h1-12H,(H,27,32)(H,28,31)(H,29,33). The van der Waals surface area contributed by atoms with Gasteiger partial charge in [0.2, 0.25) is 0 Å². The maximum Gasteiger partial charge on any atom is 0.328 e. The van der Waals surface area contributed by atoms with Crippen LogP contribution in [-0.2, 0) is 9.59 Å². The molecule has 0 bridgehead atoms. The third kappa shape index (κ3) is 5.12. The summed E-state index contributed by atoms with van der Waals surface area (Å²) in [5.74, 6) is -2.44. The van der Waals surface area contributed by atoms with Crippen LogP contribution < -0.4 is 16.1 Å². The summed E-state index contributed by atoms with van der Waals surface area (Å²) in [5.41, 5.74) is 3.77. The number of carbonyl (C=O) groups excluding carboxylic acids is 3. The van der Waals surface area contributed by atoms with E-state index in [-0.39, 0.29) is 10.7 Å². The predicted molar refractivity (Wildman–Crippen MR) is 131 cm³/mol. The molecule has 1 heterocycles. The number of para-hydroxylation sites is 1. The van der Waals surface area contributed by atoms with E-state index in [1.54, 1.807) is 60.7 Å². The minimum absolute atomic E-state index is 0.0548. The number of anilines is 2. The van der Waals surface area contributed by atoms with Crippen LogP contribution in [0.25, 0.3) is 10.9 Å². The molecule has 0 saturated carbocycles. The first-order valence-electron chi connectivity index (χ1n) is 9.56. The number of fused-ring (bicyclic) bond motifs is 1. The Morgan fingerprint density at radius 2 is 1.42 bits per heavy atom. The number of benzene rings is 3. The van der Waals surface area contributed by atoms with Crippen molar-refractivity contribution >= 4 is 74.8 Å². The molecule has 7 nitrogen and oxygen atoms in total. The molecule has 10 heteroatoms. The van der Waals surface area contributed by atoms with Gasteiger partial charge >= 0.3 is 11.8 Å². The highest BCUT2D eigenvalue weighted by atomic mass is 35.5. The molecule has 0 aliphatic heterocycles. The number of nitrogens with one attached hydrogen (secondary N) is 3. The number of halogens is 3. The second kappa shape index (κ2) is 9.54. The van der Waals surface area contributed by atoms with Crippen molar-refractivity contribution in [1.82, 2.24) is 4.68 Å². The van der Waals surface area contributed by atoms with Crippen LogP contribution in [0.1, 0.15) is 10.5 Å². The average Bonchev–Trinajstić information content (AvgIpc) is 3.13. The normalized spacial score (nSPS) is 10.6. The molecule has 1 aromatic heterocycles. The first-order valence-corrected chi connectivity index (χ1v) is 10.7. The van der Waals surface area contributed by atoms with Gasteiger partial charge in [-0.1, -0.05) is 53.0 Å². The Hall–Kier alpha value is -3.52. The highest BCUT2D eigenvalue weighted by Gasteiger charge is 2.21. The zero-order valence-electron chi connectivity index (χ0n) is 16.7. The van der Waals surface area contributed by atoms with Gasteiger partial charge < -0.3 is 10.6 Å². The Balaban J connectivity index is 1.65. The third-order valence-electron chi connectivity index (χ3n) is 4.63. The van der Waals surface area contributed by atoms with Gasteiger partial charge in [0.25, 0.3) is 5.91 Å². The summed E-state index contributed by atoms with van der Waals surface area (Å²) < 4.78 is 1.22. The smallest absolute Gasteiger partial charge is 0.319 e. The molecule has 4 rings (SSSR count). The van der Waals surface area contributed by atoms with Gasteiger partial charge in [-0.15, -0.1) is 0 Å². The van der Waals surface area contributed by atoms with E-state index in [1.807, 2.05) is 0 Å². The number of hydrogen-bond donors (Lipinski definition) is 3. The fourth-order valence-electron chi connectivity index (χ4n) is 3.11. The SMILES string of the molecule is O=C(Nc1ccccc1)C(=O)Nn1c(C(=O)Nc2ccc(Cl)cc2Cl)cc2cc(Cl)ccc21. The van der Waals surface area contributed by atoms with Crippen molar-refractivity contribution in [2.75, 3.05) is 16.1 Å². The van der Waals surface area contributed by atoms with Gasteiger partial charge in [-0.3, -0.25) is 19.8 Å². The summed E-state index contributed by atoms with van der Waals surface area (Å²) in [6, 6.07) is 19.5. The van der Waals surface area contributed by atoms with Crippen molar-refractivity contribution in [2.45, 2.75) is 0 Å². The van der Waals surface area contributed by atoms with Crippen LogP contribution in [0.5, 0.6) is 0 Å². The van der Waals surface area contributed by atoms with E-state index < -0.39 is 17.7 Å². The van der Waals surface area contributed by atoms with Gasteiger partial charge in [0, 0.05) is 21.1 Å². The van der Waals surface area contributed by atoms with Crippen LogP contribution in [0.3, 0.4) is 0 Å². The molecular weight excluding hydrogens is 487 g/mol. The van der Waals surface area contributed by atoms with Gasteiger partial charge in [0.05, 0.1) is 16.2 Å². The molecule has 0 aliphatic rings. The second-order valence-corrected chi connectivity index (χ2v) is 8.19. The molecule has 0 radical (unpaired) electrons. The van der Waals surface area contributed by atoms with Crippen molar-refractivity contribution in [3.8, 4) is 0 Å². The fraction of sp³-hybridized carbons (Fsp3) is 0. The van der Waals surface area contributed by atoms with Crippen LogP contribution in [-0.4, -0.2) is 22.4 Å². The molecule has 0 atom stereocenters. The fourth-order valence-corrected chi connectivity index (χ4v) is 3.75. The van der Waals surface area contributed by atoms with Gasteiger partial charge in [0.15, 0.2) is 0 Å². The maximum absolute atomic E-state index is 13.1. The molecule has 4 aromatic rings. The Kier molecular flexibility index (Phi) is 6.55. The van der Waals surface area contributed by atoms with E-state index in [9.17, 15) is 14.4 Å². The first kappa shape index (κ1) is 22.7. The average molecular weight is 502 g/mol. The molecule has 0 fully saturated rings. The van der Waals surface area contributed by atoms with Crippen molar-refractivity contribution in [3.05, 3.63) is 93.6 Å². The minimum Gasteiger partial charge on any atom is -0.319 e. The lowest BCUT2D eigenvalue weighted by Crippen LogP contribution is -2.36. The molecule has 0 aliphatic carbocycles. The zero-order chi connectivity index (χ0) is 23.5. The molecule has 3 N–H and O–H groups in total. The number of hydrogen-bond acceptors (Lipinski definition) is 3. The van der Waals surface area contributed by atoms with Gasteiger partial charge in [0.1, 0.15) is 5.69 Å². The number of carbonyl (C=O) groups is 3. The van der Waals surface area contributed by atoms with E-state index >= 15 is 0 Å². The third-order valence-corrected chi connectivity index (χ3v) is 5.41. The number of nitrogens with zero attached hydrogens (tertiary/aromatic N) is 1. The summed E-state index contributed by atoms with van der Waals surface area (Å²) in [5, 5.41) is 6.86. The number of aromatic nitrogens is 1. The number of rotatable bonds is 4. The lowest BCUT2D eigenvalue weighted by atomic mass is 10.2. The highest BCUT2D eigenvalue weighted by molar-refractivity contribution is 6.42. The Bertz CT molecular complexity index is 1390. The molecule has 3 aromatic carbocycles. The molecule has 33 heavy (non-hydrogen) atoms. The largest absolute Gasteiger partial charge is 0.328 e.